The number of carbonyl (C=O) groups is 1. The lowest BCUT2D eigenvalue weighted by molar-refractivity contribution is 0.0930. The first-order chi connectivity index (χ1) is 13.8. The second kappa shape index (κ2) is 6.94. The number of aromatic nitrogens is 3. The molecular weight excluding hydrogens is 382 g/mol. The maximum atomic E-state index is 13.3. The SMILES string of the molecule is Cc1cc(Nc2cc(N)ncn2)c(=O)n2c1C(=O)NC21C=C(CC(F)F)CCC1. The number of alkyl halides is 2. The maximum Gasteiger partial charge on any atom is 0.277 e. The van der Waals surface area contributed by atoms with Gasteiger partial charge in [0.1, 0.15) is 35.0 Å². The molecule has 1 unspecified atom stereocenters. The van der Waals surface area contributed by atoms with Crippen molar-refractivity contribution in [1.29, 1.82) is 0 Å². The van der Waals surface area contributed by atoms with Crippen LogP contribution in [0.15, 0.2) is 34.9 Å². The Morgan fingerprint density at radius 1 is 1.34 bits per heavy atom. The van der Waals surface area contributed by atoms with Crippen LogP contribution >= 0.6 is 0 Å². The molecule has 0 saturated carbocycles. The summed E-state index contributed by atoms with van der Waals surface area (Å²) < 4.78 is 27.2. The van der Waals surface area contributed by atoms with Crippen LogP contribution in [0.5, 0.6) is 0 Å². The Morgan fingerprint density at radius 2 is 2.14 bits per heavy atom. The minimum Gasteiger partial charge on any atom is -0.384 e. The van der Waals surface area contributed by atoms with Gasteiger partial charge in [-0.3, -0.25) is 14.2 Å². The first kappa shape index (κ1) is 19.0. The molecule has 1 amide bonds. The van der Waals surface area contributed by atoms with Gasteiger partial charge in [0, 0.05) is 12.5 Å². The van der Waals surface area contributed by atoms with Crippen molar-refractivity contribution >= 4 is 23.2 Å². The number of pyridine rings is 1. The Morgan fingerprint density at radius 3 is 2.86 bits per heavy atom. The highest BCUT2D eigenvalue weighted by atomic mass is 19.3. The van der Waals surface area contributed by atoms with E-state index in [1.165, 1.54) is 17.0 Å². The van der Waals surface area contributed by atoms with Crippen LogP contribution in [0.3, 0.4) is 0 Å². The monoisotopic (exact) mass is 402 g/mol. The van der Waals surface area contributed by atoms with E-state index in [2.05, 4.69) is 20.6 Å². The van der Waals surface area contributed by atoms with Gasteiger partial charge < -0.3 is 16.4 Å². The number of hydrogen-bond donors (Lipinski definition) is 3. The largest absolute Gasteiger partial charge is 0.384 e. The van der Waals surface area contributed by atoms with E-state index >= 15 is 0 Å². The molecule has 2 aromatic heterocycles. The van der Waals surface area contributed by atoms with Gasteiger partial charge in [-0.2, -0.15) is 0 Å². The number of allylic oxidation sites excluding steroid dienone is 1. The van der Waals surface area contributed by atoms with Crippen molar-refractivity contribution in [3.8, 4) is 0 Å². The molecule has 0 fully saturated rings. The van der Waals surface area contributed by atoms with E-state index in [4.69, 9.17) is 5.73 Å². The number of carbonyl (C=O) groups excluding carboxylic acids is 1. The summed E-state index contributed by atoms with van der Waals surface area (Å²) in [5.41, 5.74) is 5.62. The van der Waals surface area contributed by atoms with Crippen LogP contribution in [0.1, 0.15) is 41.7 Å². The first-order valence-corrected chi connectivity index (χ1v) is 9.22. The van der Waals surface area contributed by atoms with Crippen molar-refractivity contribution in [3.63, 3.8) is 0 Å². The van der Waals surface area contributed by atoms with E-state index < -0.39 is 23.6 Å². The molecule has 0 aromatic carbocycles. The third-order valence-electron chi connectivity index (χ3n) is 5.20. The Balaban J connectivity index is 1.84. The van der Waals surface area contributed by atoms with Crippen LogP contribution in [-0.4, -0.2) is 26.9 Å². The van der Waals surface area contributed by atoms with E-state index in [0.29, 0.717) is 36.2 Å². The van der Waals surface area contributed by atoms with Crippen LogP contribution in [0.2, 0.25) is 0 Å². The average Bonchev–Trinajstić information content (AvgIpc) is 2.91. The molecule has 0 radical (unpaired) electrons. The Kier molecular flexibility index (Phi) is 4.56. The third kappa shape index (κ3) is 3.34. The number of nitrogens with two attached hydrogens (primary N) is 1. The molecule has 8 nitrogen and oxygen atoms in total. The normalized spacial score (nSPS) is 20.6. The Hall–Kier alpha value is -3.30. The van der Waals surface area contributed by atoms with Gasteiger partial charge in [0.15, 0.2) is 0 Å². The van der Waals surface area contributed by atoms with Crippen LogP contribution in [0.4, 0.5) is 26.1 Å². The number of halogens is 2. The summed E-state index contributed by atoms with van der Waals surface area (Å²) in [6, 6.07) is 3.05. The molecule has 4 rings (SSSR count). The average molecular weight is 402 g/mol. The highest BCUT2D eigenvalue weighted by Gasteiger charge is 2.44. The zero-order valence-electron chi connectivity index (χ0n) is 15.7. The van der Waals surface area contributed by atoms with Gasteiger partial charge in [-0.05, 0) is 43.9 Å². The summed E-state index contributed by atoms with van der Waals surface area (Å²) >= 11 is 0. The van der Waals surface area contributed by atoms with E-state index in [9.17, 15) is 18.4 Å². The van der Waals surface area contributed by atoms with Crippen molar-refractivity contribution in [1.82, 2.24) is 19.9 Å². The maximum absolute atomic E-state index is 13.3. The van der Waals surface area contributed by atoms with Gasteiger partial charge in [0.05, 0.1) is 0 Å². The molecule has 10 heteroatoms. The molecule has 4 N–H and O–H groups in total. The predicted molar refractivity (Wildman–Crippen MR) is 103 cm³/mol. The van der Waals surface area contributed by atoms with Gasteiger partial charge >= 0.3 is 0 Å². The topological polar surface area (TPSA) is 115 Å². The number of nitrogens with zero attached hydrogens (tertiary/aromatic N) is 3. The smallest absolute Gasteiger partial charge is 0.277 e. The molecule has 3 heterocycles. The fourth-order valence-corrected chi connectivity index (χ4v) is 4.09. The van der Waals surface area contributed by atoms with E-state index in [0.717, 1.165) is 0 Å². The highest BCUT2D eigenvalue weighted by molar-refractivity contribution is 5.97. The van der Waals surface area contributed by atoms with Gasteiger partial charge in [-0.15, -0.1) is 0 Å². The van der Waals surface area contributed by atoms with Crippen LogP contribution in [0, 0.1) is 6.92 Å². The summed E-state index contributed by atoms with van der Waals surface area (Å²) in [7, 11) is 0. The molecule has 29 heavy (non-hydrogen) atoms. The number of aryl methyl sites for hydroxylation is 1. The lowest BCUT2D eigenvalue weighted by Gasteiger charge is -2.33. The van der Waals surface area contributed by atoms with Crippen LogP contribution in [-0.2, 0) is 5.66 Å². The molecule has 1 aliphatic carbocycles. The van der Waals surface area contributed by atoms with Crippen molar-refractivity contribution in [2.24, 2.45) is 0 Å². The second-order valence-electron chi connectivity index (χ2n) is 7.31. The standard InChI is InChI=1S/C19H20F2N6O2/c1-10-5-12(25-15-7-14(22)23-9-24-15)18(29)27-16(10)17(28)26-19(27)4-2-3-11(8-19)6-13(20)21/h5,7-9,13H,2-4,6H2,1H3,(H,26,28)(H3,22,23,24,25). The lowest BCUT2D eigenvalue weighted by atomic mass is 9.89. The molecule has 1 aliphatic heterocycles. The quantitative estimate of drug-likeness (QED) is 0.677. The highest BCUT2D eigenvalue weighted by Crippen LogP contribution is 2.37. The van der Waals surface area contributed by atoms with Crippen LogP contribution in [0.25, 0.3) is 0 Å². The molecule has 2 aliphatic rings. The lowest BCUT2D eigenvalue weighted by Crippen LogP contribution is -2.47. The van der Waals surface area contributed by atoms with Crippen molar-refractivity contribution < 1.29 is 13.6 Å². The summed E-state index contributed by atoms with van der Waals surface area (Å²) in [6.07, 6.45) is 1.57. The minimum absolute atomic E-state index is 0.203. The summed E-state index contributed by atoms with van der Waals surface area (Å²) in [5.74, 6) is 0.172. The number of amides is 1. The van der Waals surface area contributed by atoms with E-state index in [1.54, 1.807) is 19.1 Å². The molecule has 1 spiro atoms. The Labute approximate surface area is 164 Å². The molecular formula is C19H20F2N6O2. The van der Waals surface area contributed by atoms with Gasteiger partial charge in [-0.1, -0.05) is 5.57 Å². The van der Waals surface area contributed by atoms with E-state index in [1.807, 2.05) is 0 Å². The fourth-order valence-electron chi connectivity index (χ4n) is 4.09. The fraction of sp³-hybridized carbons (Fsp3) is 0.368. The molecule has 2 aromatic rings. The summed E-state index contributed by atoms with van der Waals surface area (Å²) in [6.45, 7) is 1.72. The van der Waals surface area contributed by atoms with Crippen LogP contribution < -0.4 is 21.9 Å². The number of rotatable bonds is 4. The number of nitrogen functional groups attached to an aromatic ring is 1. The van der Waals surface area contributed by atoms with Crippen molar-refractivity contribution in [3.05, 3.63) is 51.7 Å². The second-order valence-corrected chi connectivity index (χ2v) is 7.31. The molecule has 0 saturated heterocycles. The van der Waals surface area contributed by atoms with E-state index in [-0.39, 0.29) is 23.6 Å². The summed E-state index contributed by atoms with van der Waals surface area (Å²) in [5, 5.41) is 5.77. The molecule has 152 valence electrons. The molecule has 1 atom stereocenters. The predicted octanol–water partition coefficient (Wildman–Crippen LogP) is 2.43. The third-order valence-corrected chi connectivity index (χ3v) is 5.20. The number of anilines is 3. The Bertz CT molecular complexity index is 1080. The van der Waals surface area contributed by atoms with Crippen molar-refractivity contribution in [2.45, 2.75) is 44.7 Å². The zero-order valence-corrected chi connectivity index (χ0v) is 15.7. The van der Waals surface area contributed by atoms with Gasteiger partial charge in [-0.25, -0.2) is 18.7 Å². The first-order valence-electron chi connectivity index (χ1n) is 9.22. The number of hydrogen-bond acceptors (Lipinski definition) is 6. The molecule has 0 bridgehead atoms. The minimum atomic E-state index is -2.48. The van der Waals surface area contributed by atoms with Gasteiger partial charge in [0.25, 0.3) is 11.5 Å². The zero-order chi connectivity index (χ0) is 20.8. The number of nitrogens with one attached hydrogen (secondary N) is 2. The number of fused-ring (bicyclic) bond motifs is 2. The van der Waals surface area contributed by atoms with Gasteiger partial charge in [0.2, 0.25) is 6.43 Å². The van der Waals surface area contributed by atoms with Crippen molar-refractivity contribution in [2.75, 3.05) is 11.1 Å². The summed E-state index contributed by atoms with van der Waals surface area (Å²) in [4.78, 5) is 33.8.